The number of nitrogens with two attached hydrogens (primary N) is 1. The number of hydrogen-bond donors (Lipinski definition) is 1. The van der Waals surface area contributed by atoms with Crippen LogP contribution >= 0.6 is 15.9 Å². The van der Waals surface area contributed by atoms with E-state index in [9.17, 15) is 13.2 Å². The number of ether oxygens (including phenoxy) is 1. The maximum absolute atomic E-state index is 12.0. The minimum atomic E-state index is -4.87. The molecule has 0 atom stereocenters. The summed E-state index contributed by atoms with van der Waals surface area (Å²) in [6, 6.07) is 2.78. The standard InChI is InChI=1S/C8H5BrF3N3O/c9-5-1-4(2-13)15-6(3-14)7(5)16-8(10,11)12/h1H,2,13H2. The van der Waals surface area contributed by atoms with Crippen molar-refractivity contribution in [2.24, 2.45) is 5.73 Å². The smallest absolute Gasteiger partial charge is 0.401 e. The van der Waals surface area contributed by atoms with Crippen molar-refractivity contribution in [2.75, 3.05) is 0 Å². The van der Waals surface area contributed by atoms with E-state index in [0.29, 0.717) is 0 Å². The second-order valence-electron chi connectivity index (χ2n) is 2.64. The lowest BCUT2D eigenvalue weighted by molar-refractivity contribution is -0.275. The molecule has 0 spiro atoms. The largest absolute Gasteiger partial charge is 0.573 e. The van der Waals surface area contributed by atoms with Crippen LogP contribution in [-0.4, -0.2) is 11.3 Å². The van der Waals surface area contributed by atoms with E-state index in [1.807, 2.05) is 0 Å². The molecule has 4 nitrogen and oxygen atoms in total. The third-order valence-electron chi connectivity index (χ3n) is 1.51. The van der Waals surface area contributed by atoms with Gasteiger partial charge in [0, 0.05) is 6.54 Å². The first-order valence-electron chi connectivity index (χ1n) is 3.92. The molecule has 0 amide bonds. The van der Waals surface area contributed by atoms with Gasteiger partial charge >= 0.3 is 6.36 Å². The second-order valence-corrected chi connectivity index (χ2v) is 3.49. The number of alkyl halides is 3. The molecular weight excluding hydrogens is 291 g/mol. The van der Waals surface area contributed by atoms with Gasteiger partial charge < -0.3 is 10.5 Å². The third-order valence-corrected chi connectivity index (χ3v) is 2.10. The Morgan fingerprint density at radius 2 is 2.19 bits per heavy atom. The quantitative estimate of drug-likeness (QED) is 0.907. The summed E-state index contributed by atoms with van der Waals surface area (Å²) in [5, 5.41) is 8.64. The number of aromatic nitrogens is 1. The lowest BCUT2D eigenvalue weighted by Crippen LogP contribution is -2.19. The molecule has 0 bridgehead atoms. The predicted molar refractivity (Wildman–Crippen MR) is 51.2 cm³/mol. The number of hydrogen-bond acceptors (Lipinski definition) is 4. The molecule has 1 heterocycles. The molecule has 8 heteroatoms. The maximum Gasteiger partial charge on any atom is 0.573 e. The van der Waals surface area contributed by atoms with Crippen LogP contribution in [0.3, 0.4) is 0 Å². The molecule has 86 valence electrons. The van der Waals surface area contributed by atoms with Crippen LogP contribution in [0.25, 0.3) is 0 Å². The van der Waals surface area contributed by atoms with E-state index in [0.717, 1.165) is 0 Å². The monoisotopic (exact) mass is 295 g/mol. The maximum atomic E-state index is 12.0. The topological polar surface area (TPSA) is 71.9 Å². The predicted octanol–water partition coefficient (Wildman–Crippen LogP) is 2.07. The fraction of sp³-hybridized carbons (Fsp3) is 0.250. The van der Waals surface area contributed by atoms with Crippen LogP contribution in [0, 0.1) is 11.3 Å². The fourth-order valence-electron chi connectivity index (χ4n) is 0.945. The van der Waals surface area contributed by atoms with Crippen molar-refractivity contribution in [1.82, 2.24) is 4.98 Å². The highest BCUT2D eigenvalue weighted by Crippen LogP contribution is 2.33. The van der Waals surface area contributed by atoms with E-state index in [1.165, 1.54) is 12.1 Å². The normalized spacial score (nSPS) is 11.0. The van der Waals surface area contributed by atoms with Crippen molar-refractivity contribution in [3.8, 4) is 11.8 Å². The van der Waals surface area contributed by atoms with Crippen molar-refractivity contribution < 1.29 is 17.9 Å². The van der Waals surface area contributed by atoms with Gasteiger partial charge in [0.25, 0.3) is 0 Å². The van der Waals surface area contributed by atoms with Crippen LogP contribution < -0.4 is 10.5 Å². The highest BCUT2D eigenvalue weighted by Gasteiger charge is 2.33. The first kappa shape index (κ1) is 12.7. The molecule has 1 aromatic rings. The van der Waals surface area contributed by atoms with Gasteiger partial charge in [0.05, 0.1) is 10.2 Å². The van der Waals surface area contributed by atoms with Gasteiger partial charge in [0.1, 0.15) is 6.07 Å². The van der Waals surface area contributed by atoms with Gasteiger partial charge in [-0.25, -0.2) is 4.98 Å². The van der Waals surface area contributed by atoms with Crippen LogP contribution in [0.15, 0.2) is 10.5 Å². The SMILES string of the molecule is N#Cc1nc(CN)cc(Br)c1OC(F)(F)F. The molecular formula is C8H5BrF3N3O. The van der Waals surface area contributed by atoms with Crippen LogP contribution in [0.1, 0.15) is 11.4 Å². The summed E-state index contributed by atoms with van der Waals surface area (Å²) < 4.78 is 39.7. The lowest BCUT2D eigenvalue weighted by atomic mass is 10.3. The Balaban J connectivity index is 3.23. The van der Waals surface area contributed by atoms with E-state index < -0.39 is 17.8 Å². The number of pyridine rings is 1. The zero-order valence-corrected chi connectivity index (χ0v) is 9.26. The molecule has 0 aliphatic carbocycles. The van der Waals surface area contributed by atoms with E-state index >= 15 is 0 Å². The number of nitrogens with zero attached hydrogens (tertiary/aromatic N) is 2. The first-order chi connectivity index (χ1) is 7.37. The third kappa shape index (κ3) is 3.08. The molecule has 1 rings (SSSR count). The zero-order valence-electron chi connectivity index (χ0n) is 7.68. The fourth-order valence-corrected chi connectivity index (χ4v) is 1.48. The summed E-state index contributed by atoms with van der Waals surface area (Å²) in [6.07, 6.45) is -4.87. The summed E-state index contributed by atoms with van der Waals surface area (Å²) in [4.78, 5) is 3.61. The number of halogens is 4. The van der Waals surface area contributed by atoms with Crippen LogP contribution in [0.2, 0.25) is 0 Å². The molecule has 0 aromatic carbocycles. The molecule has 0 saturated carbocycles. The Bertz CT molecular complexity index is 441. The van der Waals surface area contributed by atoms with Gasteiger partial charge in [0.2, 0.25) is 0 Å². The van der Waals surface area contributed by atoms with Gasteiger partial charge in [0.15, 0.2) is 11.4 Å². The van der Waals surface area contributed by atoms with Gasteiger partial charge in [-0.3, -0.25) is 0 Å². The van der Waals surface area contributed by atoms with Crippen LogP contribution in [-0.2, 0) is 6.54 Å². The summed E-state index contributed by atoms with van der Waals surface area (Å²) in [6.45, 7) is 0.0135. The molecule has 0 aliphatic heterocycles. The Hall–Kier alpha value is -1.33. The van der Waals surface area contributed by atoms with Gasteiger partial charge in [-0.2, -0.15) is 5.26 Å². The van der Waals surface area contributed by atoms with Crippen LogP contribution in [0.5, 0.6) is 5.75 Å². The molecule has 16 heavy (non-hydrogen) atoms. The lowest BCUT2D eigenvalue weighted by Gasteiger charge is -2.12. The van der Waals surface area contributed by atoms with E-state index in [2.05, 4.69) is 25.7 Å². The Morgan fingerprint density at radius 3 is 2.62 bits per heavy atom. The second kappa shape index (κ2) is 4.67. The van der Waals surface area contributed by atoms with E-state index in [-0.39, 0.29) is 16.7 Å². The molecule has 0 fully saturated rings. The molecule has 0 aliphatic rings. The Morgan fingerprint density at radius 1 is 1.56 bits per heavy atom. The summed E-state index contributed by atoms with van der Waals surface area (Å²) in [5.41, 5.74) is 5.09. The first-order valence-corrected chi connectivity index (χ1v) is 4.72. The summed E-state index contributed by atoms with van der Waals surface area (Å²) >= 11 is 2.86. The molecule has 0 radical (unpaired) electrons. The van der Waals surface area contributed by atoms with Gasteiger partial charge in [-0.1, -0.05) is 0 Å². The molecule has 1 aromatic heterocycles. The van der Waals surface area contributed by atoms with Crippen molar-refractivity contribution in [2.45, 2.75) is 12.9 Å². The highest BCUT2D eigenvalue weighted by molar-refractivity contribution is 9.10. The van der Waals surface area contributed by atoms with Crippen molar-refractivity contribution in [3.05, 3.63) is 21.9 Å². The molecule has 2 N–H and O–H groups in total. The number of rotatable bonds is 2. The van der Waals surface area contributed by atoms with E-state index in [4.69, 9.17) is 11.0 Å². The summed E-state index contributed by atoms with van der Waals surface area (Å²) in [5.74, 6) is -0.660. The minimum Gasteiger partial charge on any atom is -0.401 e. The minimum absolute atomic E-state index is 0.0135. The highest BCUT2D eigenvalue weighted by atomic mass is 79.9. The van der Waals surface area contributed by atoms with Crippen molar-refractivity contribution in [3.63, 3.8) is 0 Å². The number of nitriles is 1. The van der Waals surface area contributed by atoms with Gasteiger partial charge in [-0.05, 0) is 22.0 Å². The van der Waals surface area contributed by atoms with Crippen LogP contribution in [0.4, 0.5) is 13.2 Å². The average molecular weight is 296 g/mol. The Labute approximate surface area is 97.0 Å². The van der Waals surface area contributed by atoms with E-state index in [1.54, 1.807) is 0 Å². The molecule has 0 unspecified atom stereocenters. The average Bonchev–Trinajstić information content (AvgIpc) is 2.19. The van der Waals surface area contributed by atoms with Crippen molar-refractivity contribution in [1.29, 1.82) is 5.26 Å². The molecule has 0 saturated heterocycles. The van der Waals surface area contributed by atoms with Crippen molar-refractivity contribution >= 4 is 15.9 Å². The summed E-state index contributed by atoms with van der Waals surface area (Å²) in [7, 11) is 0. The zero-order chi connectivity index (χ0) is 12.3. The Kier molecular flexibility index (Phi) is 3.72. The van der Waals surface area contributed by atoms with Gasteiger partial charge in [-0.15, -0.1) is 13.2 Å².